The molecule has 2 heterocycles. The van der Waals surface area contributed by atoms with Crippen LogP contribution in [0.4, 0.5) is 4.39 Å². The Morgan fingerprint density at radius 3 is 2.61 bits per heavy atom. The highest BCUT2D eigenvalue weighted by atomic mass is 35.5. The molecular weight excluding hydrogens is 440 g/mol. The van der Waals surface area contributed by atoms with Crippen LogP contribution in [0.5, 0.6) is 11.5 Å². The summed E-state index contributed by atoms with van der Waals surface area (Å²) in [5.74, 6) is 0.960. The number of carbonyl (C=O) groups is 1. The van der Waals surface area contributed by atoms with Gasteiger partial charge in [0, 0.05) is 13.1 Å². The summed E-state index contributed by atoms with van der Waals surface area (Å²) < 4.78 is 25.0. The van der Waals surface area contributed by atoms with Crippen LogP contribution in [0.1, 0.15) is 27.0 Å². The molecule has 5 rings (SSSR count). The maximum absolute atomic E-state index is 13.2. The maximum atomic E-state index is 13.2. The van der Waals surface area contributed by atoms with E-state index < -0.39 is 0 Å². The van der Waals surface area contributed by atoms with Gasteiger partial charge in [0.25, 0.3) is 0 Å². The average Bonchev–Trinajstić information content (AvgIpc) is 3.08. The third kappa shape index (κ3) is 3.92. The number of halogens is 3. The van der Waals surface area contributed by atoms with Crippen LogP contribution >= 0.6 is 23.2 Å². The minimum Gasteiger partial charge on any atom is -0.478 e. The number of carbonyl (C=O) groups excluding carboxylic acids is 1. The van der Waals surface area contributed by atoms with E-state index in [2.05, 4.69) is 4.90 Å². The molecule has 0 saturated carbocycles. The van der Waals surface area contributed by atoms with Crippen molar-refractivity contribution in [3.63, 3.8) is 0 Å². The van der Waals surface area contributed by atoms with E-state index in [9.17, 15) is 9.18 Å². The van der Waals surface area contributed by atoms with Gasteiger partial charge in [-0.1, -0.05) is 41.4 Å². The number of ketones is 1. The van der Waals surface area contributed by atoms with Gasteiger partial charge in [0.2, 0.25) is 5.78 Å². The summed E-state index contributed by atoms with van der Waals surface area (Å²) in [7, 11) is 0. The number of allylic oxidation sites excluding steroid dienone is 1. The molecule has 2 aliphatic heterocycles. The van der Waals surface area contributed by atoms with Gasteiger partial charge in [-0.3, -0.25) is 9.69 Å². The van der Waals surface area contributed by atoms with E-state index in [1.165, 1.54) is 12.1 Å². The van der Waals surface area contributed by atoms with Gasteiger partial charge in [-0.15, -0.1) is 0 Å². The lowest BCUT2D eigenvalue weighted by atomic mass is 10.0. The Balaban J connectivity index is 1.42. The number of fused-ring (bicyclic) bond motifs is 3. The first-order chi connectivity index (χ1) is 15.0. The SMILES string of the molecule is O=C1/C(=C/c2ccc(Cl)c(Cl)c2)Oc2c1ccc1c2CN(Cc2ccc(F)cc2)CO1. The van der Waals surface area contributed by atoms with Crippen LogP contribution in [0, 0.1) is 5.82 Å². The van der Waals surface area contributed by atoms with Crippen molar-refractivity contribution in [2.45, 2.75) is 13.1 Å². The Hall–Kier alpha value is -2.86. The smallest absolute Gasteiger partial charge is 0.231 e. The molecule has 4 nitrogen and oxygen atoms in total. The molecule has 0 amide bonds. The second-order valence-electron chi connectivity index (χ2n) is 7.42. The van der Waals surface area contributed by atoms with E-state index in [1.54, 1.807) is 48.5 Å². The van der Waals surface area contributed by atoms with Crippen molar-refractivity contribution in [1.29, 1.82) is 0 Å². The first-order valence-corrected chi connectivity index (χ1v) is 10.4. The summed E-state index contributed by atoms with van der Waals surface area (Å²) in [6.45, 7) is 1.52. The second-order valence-corrected chi connectivity index (χ2v) is 8.23. The third-order valence-corrected chi connectivity index (χ3v) is 5.98. The average molecular weight is 456 g/mol. The molecule has 0 N–H and O–H groups in total. The standard InChI is InChI=1S/C24H16Cl2FNO3/c25-19-7-3-15(9-20(19)26)10-22-23(29)17-6-8-21-18(24(17)31-22)12-28(13-30-21)11-14-1-4-16(27)5-2-14/h1-10H,11-13H2/b22-10-. The van der Waals surface area contributed by atoms with Gasteiger partial charge >= 0.3 is 0 Å². The van der Waals surface area contributed by atoms with Crippen molar-refractivity contribution in [3.05, 3.63) is 98.5 Å². The Kier molecular flexibility index (Phi) is 5.18. The normalized spacial score (nSPS) is 16.6. The molecule has 0 bridgehead atoms. The lowest BCUT2D eigenvalue weighted by molar-refractivity contribution is 0.0872. The number of ether oxygens (including phenoxy) is 2. The van der Waals surface area contributed by atoms with Crippen molar-refractivity contribution in [2.75, 3.05) is 6.73 Å². The van der Waals surface area contributed by atoms with Crippen LogP contribution in [-0.4, -0.2) is 17.4 Å². The van der Waals surface area contributed by atoms with Crippen molar-refractivity contribution < 1.29 is 18.7 Å². The predicted molar refractivity (Wildman–Crippen MR) is 117 cm³/mol. The number of nitrogens with zero attached hydrogens (tertiary/aromatic N) is 1. The number of benzene rings is 3. The fourth-order valence-electron chi connectivity index (χ4n) is 3.71. The second kappa shape index (κ2) is 8.00. The first kappa shape index (κ1) is 20.1. The molecule has 0 fully saturated rings. The number of rotatable bonds is 3. The van der Waals surface area contributed by atoms with Gasteiger partial charge in [0.1, 0.15) is 24.0 Å². The molecule has 0 aromatic heterocycles. The van der Waals surface area contributed by atoms with Crippen LogP contribution in [0.25, 0.3) is 6.08 Å². The Morgan fingerprint density at radius 1 is 1.03 bits per heavy atom. The molecule has 0 atom stereocenters. The molecular formula is C24H16Cl2FNO3. The van der Waals surface area contributed by atoms with Crippen molar-refractivity contribution >= 4 is 35.1 Å². The predicted octanol–water partition coefficient (Wildman–Crippen LogP) is 6.10. The zero-order chi connectivity index (χ0) is 21.5. The summed E-state index contributed by atoms with van der Waals surface area (Å²) in [6, 6.07) is 15.0. The zero-order valence-corrected chi connectivity index (χ0v) is 17.7. The Morgan fingerprint density at radius 2 is 1.84 bits per heavy atom. The topological polar surface area (TPSA) is 38.8 Å². The van der Waals surface area contributed by atoms with Crippen LogP contribution in [-0.2, 0) is 13.1 Å². The van der Waals surface area contributed by atoms with E-state index in [0.717, 1.165) is 11.1 Å². The van der Waals surface area contributed by atoms with Gasteiger partial charge < -0.3 is 9.47 Å². The lowest BCUT2D eigenvalue weighted by Crippen LogP contribution is -2.31. The van der Waals surface area contributed by atoms with Crippen molar-refractivity contribution in [2.24, 2.45) is 0 Å². The minimum atomic E-state index is -0.269. The van der Waals surface area contributed by atoms with Crippen molar-refractivity contribution in [1.82, 2.24) is 4.90 Å². The summed E-state index contributed by atoms with van der Waals surface area (Å²) in [5, 5.41) is 0.847. The number of Topliss-reactive ketones (excluding diaryl/α,β-unsaturated/α-hetero) is 1. The minimum absolute atomic E-state index is 0.195. The Labute approximate surface area is 188 Å². The van der Waals surface area contributed by atoms with E-state index in [1.807, 2.05) is 0 Å². The van der Waals surface area contributed by atoms with Crippen LogP contribution in [0.2, 0.25) is 10.0 Å². The van der Waals surface area contributed by atoms with E-state index in [0.29, 0.717) is 52.5 Å². The molecule has 3 aromatic rings. The summed E-state index contributed by atoms with van der Waals surface area (Å²) in [5.41, 5.74) is 3.00. The monoisotopic (exact) mass is 455 g/mol. The maximum Gasteiger partial charge on any atom is 0.231 e. The molecule has 0 aliphatic carbocycles. The first-order valence-electron chi connectivity index (χ1n) is 9.63. The molecule has 0 unspecified atom stereocenters. The Bertz CT molecular complexity index is 1220. The summed E-state index contributed by atoms with van der Waals surface area (Å²) in [4.78, 5) is 15.0. The fourth-order valence-corrected chi connectivity index (χ4v) is 4.01. The molecule has 2 aliphatic rings. The van der Waals surface area contributed by atoms with Gasteiger partial charge in [-0.05, 0) is 53.6 Å². The van der Waals surface area contributed by atoms with Crippen LogP contribution in [0.3, 0.4) is 0 Å². The highest BCUT2D eigenvalue weighted by molar-refractivity contribution is 6.42. The number of hydrogen-bond donors (Lipinski definition) is 0. The van der Waals surface area contributed by atoms with Gasteiger partial charge in [0.15, 0.2) is 5.76 Å². The highest BCUT2D eigenvalue weighted by Gasteiger charge is 2.33. The molecule has 7 heteroatoms. The number of hydrogen-bond acceptors (Lipinski definition) is 4. The van der Waals surface area contributed by atoms with E-state index >= 15 is 0 Å². The highest BCUT2D eigenvalue weighted by Crippen LogP contribution is 2.42. The molecule has 3 aromatic carbocycles. The molecule has 0 saturated heterocycles. The molecule has 156 valence electrons. The summed E-state index contributed by atoms with van der Waals surface area (Å²) >= 11 is 12.1. The van der Waals surface area contributed by atoms with Gasteiger partial charge in [-0.25, -0.2) is 4.39 Å². The van der Waals surface area contributed by atoms with Crippen molar-refractivity contribution in [3.8, 4) is 11.5 Å². The van der Waals surface area contributed by atoms with Gasteiger partial charge in [0.05, 0.1) is 21.2 Å². The third-order valence-electron chi connectivity index (χ3n) is 5.24. The summed E-state index contributed by atoms with van der Waals surface area (Å²) in [6.07, 6.45) is 1.65. The van der Waals surface area contributed by atoms with Crippen LogP contribution in [0.15, 0.2) is 60.4 Å². The lowest BCUT2D eigenvalue weighted by Gasteiger charge is -2.29. The van der Waals surface area contributed by atoms with E-state index in [-0.39, 0.29) is 17.4 Å². The quantitative estimate of drug-likeness (QED) is 0.447. The van der Waals surface area contributed by atoms with E-state index in [4.69, 9.17) is 32.7 Å². The molecule has 0 spiro atoms. The molecule has 31 heavy (non-hydrogen) atoms. The molecule has 0 radical (unpaired) electrons. The largest absolute Gasteiger partial charge is 0.478 e. The van der Waals surface area contributed by atoms with Crippen LogP contribution < -0.4 is 9.47 Å². The zero-order valence-electron chi connectivity index (χ0n) is 16.2. The fraction of sp³-hybridized carbons (Fsp3) is 0.125. The van der Waals surface area contributed by atoms with Gasteiger partial charge in [-0.2, -0.15) is 0 Å².